The maximum absolute atomic E-state index is 13.3. The van der Waals surface area contributed by atoms with E-state index in [0.717, 1.165) is 30.1 Å². The van der Waals surface area contributed by atoms with Gasteiger partial charge in [-0.15, -0.1) is 0 Å². The molecule has 1 atom stereocenters. The van der Waals surface area contributed by atoms with E-state index < -0.39 is 35.8 Å². The quantitative estimate of drug-likeness (QED) is 0.456. The number of benzene rings is 1. The lowest BCUT2D eigenvalue weighted by Crippen LogP contribution is -2.33. The fourth-order valence-electron chi connectivity index (χ4n) is 2.86. The minimum atomic E-state index is -3.15. The van der Waals surface area contributed by atoms with Crippen LogP contribution < -0.4 is 15.2 Å². The molecule has 1 amide bonds. The Morgan fingerprint density at radius 1 is 1.29 bits per heavy atom. The summed E-state index contributed by atoms with van der Waals surface area (Å²) in [4.78, 5) is 15.9. The Morgan fingerprint density at radius 2 is 2.03 bits per heavy atom. The van der Waals surface area contributed by atoms with Gasteiger partial charge in [-0.1, -0.05) is 6.07 Å². The second-order valence-electron chi connectivity index (χ2n) is 6.57. The van der Waals surface area contributed by atoms with E-state index in [4.69, 9.17) is 5.14 Å². The molecule has 1 saturated carbocycles. The van der Waals surface area contributed by atoms with Gasteiger partial charge in [0.05, 0.1) is 0 Å². The number of ether oxygens (including phenoxy) is 1. The first kappa shape index (κ1) is 24.8. The van der Waals surface area contributed by atoms with Crippen LogP contribution in [-0.2, 0) is 4.79 Å². The minimum absolute atomic E-state index is 0.125. The monoisotopic (exact) mass is 467 g/mol. The lowest BCUT2D eigenvalue weighted by molar-refractivity contribution is -0.127. The molecule has 0 aliphatic heterocycles. The first-order chi connectivity index (χ1) is 14.6. The van der Waals surface area contributed by atoms with E-state index in [9.17, 15) is 31.1 Å². The molecule has 170 valence electrons. The van der Waals surface area contributed by atoms with Crippen molar-refractivity contribution >= 4 is 23.5 Å². The van der Waals surface area contributed by atoms with Crippen LogP contribution in [0.1, 0.15) is 25.7 Å². The van der Waals surface area contributed by atoms with Gasteiger partial charge in [0.2, 0.25) is 17.6 Å². The van der Waals surface area contributed by atoms with Gasteiger partial charge in [0, 0.05) is 30.6 Å². The molecule has 1 fully saturated rings. The largest absolute Gasteiger partial charge is 0.432 e. The lowest BCUT2D eigenvalue weighted by atomic mass is 9.86. The molecule has 2 aromatic rings. The van der Waals surface area contributed by atoms with Crippen molar-refractivity contribution in [1.82, 2.24) is 4.98 Å². The Bertz CT molecular complexity index is 887. The van der Waals surface area contributed by atoms with Crippen LogP contribution in [0.2, 0.25) is 0 Å². The van der Waals surface area contributed by atoms with Crippen molar-refractivity contribution in [2.75, 3.05) is 5.32 Å². The van der Waals surface area contributed by atoms with E-state index in [1.165, 1.54) is 6.20 Å². The summed E-state index contributed by atoms with van der Waals surface area (Å²) in [6.45, 7) is -3.15. The summed E-state index contributed by atoms with van der Waals surface area (Å²) in [6.07, 6.45) is 1.90. The van der Waals surface area contributed by atoms with E-state index in [1.807, 2.05) is 0 Å². The zero-order chi connectivity index (χ0) is 23.0. The van der Waals surface area contributed by atoms with Gasteiger partial charge in [0.25, 0.3) is 0 Å². The van der Waals surface area contributed by atoms with E-state index in [-0.39, 0.29) is 18.7 Å². The number of amides is 1. The fraction of sp³-hybridized carbons (Fsp3) is 0.368. The number of hydrogen-bond donors (Lipinski definition) is 2. The number of nitrogens with zero attached hydrogens (tertiary/aromatic N) is 1. The number of pyridine rings is 1. The SMILES string of the molecule is Fc1cccc(OC(F)F)c1F.NSc1cc(NC(=O)C2CCCC(F)(F)C2)ccn1. The summed E-state index contributed by atoms with van der Waals surface area (Å²) in [5.41, 5.74) is 0.529. The summed E-state index contributed by atoms with van der Waals surface area (Å²) in [5.74, 6) is -7.13. The zero-order valence-corrected chi connectivity index (χ0v) is 16.8. The molecule has 3 rings (SSSR count). The first-order valence-electron chi connectivity index (χ1n) is 9.01. The Morgan fingerprint density at radius 3 is 2.68 bits per heavy atom. The van der Waals surface area contributed by atoms with E-state index in [1.54, 1.807) is 12.1 Å². The zero-order valence-electron chi connectivity index (χ0n) is 16.0. The van der Waals surface area contributed by atoms with Gasteiger partial charge in [-0.2, -0.15) is 13.2 Å². The Hall–Kier alpha value is -2.47. The van der Waals surface area contributed by atoms with Crippen LogP contribution in [0.3, 0.4) is 0 Å². The molecule has 1 aliphatic rings. The summed E-state index contributed by atoms with van der Waals surface area (Å²) in [5, 5.41) is 8.57. The Kier molecular flexibility index (Phi) is 8.99. The van der Waals surface area contributed by atoms with E-state index >= 15 is 0 Å². The minimum Gasteiger partial charge on any atom is -0.432 e. The molecule has 1 heterocycles. The van der Waals surface area contributed by atoms with Crippen molar-refractivity contribution < 1.29 is 35.9 Å². The number of anilines is 1. The van der Waals surface area contributed by atoms with Crippen molar-refractivity contribution in [3.05, 3.63) is 48.2 Å². The van der Waals surface area contributed by atoms with Crippen molar-refractivity contribution in [2.24, 2.45) is 11.1 Å². The molecular formula is C19H19F6N3O2S. The number of halogens is 6. The highest BCUT2D eigenvalue weighted by atomic mass is 32.2. The summed E-state index contributed by atoms with van der Waals surface area (Å²) in [7, 11) is 0. The van der Waals surface area contributed by atoms with Gasteiger partial charge in [-0.05, 0) is 49.1 Å². The number of carbonyl (C=O) groups is 1. The molecule has 5 nitrogen and oxygen atoms in total. The molecule has 12 heteroatoms. The molecule has 1 aromatic carbocycles. The van der Waals surface area contributed by atoms with Crippen molar-refractivity contribution in [1.29, 1.82) is 0 Å². The van der Waals surface area contributed by atoms with Crippen LogP contribution in [-0.4, -0.2) is 23.4 Å². The highest BCUT2D eigenvalue weighted by Crippen LogP contribution is 2.37. The van der Waals surface area contributed by atoms with Gasteiger partial charge in [0.15, 0.2) is 11.6 Å². The number of rotatable bonds is 5. The van der Waals surface area contributed by atoms with Crippen LogP contribution >= 0.6 is 11.9 Å². The Labute approximate surface area is 178 Å². The van der Waals surface area contributed by atoms with Crippen LogP contribution in [0.15, 0.2) is 41.6 Å². The average Bonchev–Trinajstić information content (AvgIpc) is 2.71. The third-order valence-electron chi connectivity index (χ3n) is 4.27. The third-order valence-corrected chi connectivity index (χ3v) is 4.73. The number of alkyl halides is 4. The van der Waals surface area contributed by atoms with Crippen LogP contribution in [0.5, 0.6) is 5.75 Å². The molecule has 0 spiro atoms. The molecule has 0 bridgehead atoms. The van der Waals surface area contributed by atoms with Gasteiger partial charge < -0.3 is 10.1 Å². The van der Waals surface area contributed by atoms with Crippen LogP contribution in [0, 0.1) is 17.6 Å². The molecule has 0 saturated heterocycles. The molecule has 31 heavy (non-hydrogen) atoms. The van der Waals surface area contributed by atoms with Crippen molar-refractivity contribution in [3.8, 4) is 5.75 Å². The number of carbonyl (C=O) groups excluding carboxylic acids is 1. The molecule has 0 radical (unpaired) electrons. The standard InChI is InChI=1S/C12H15F2N3OS.C7H4F4O/c13-12(14)4-1-2-8(7-12)11(18)17-9-3-5-16-10(6-9)19-15;8-4-2-1-3-5(6(4)9)12-7(10)11/h3,5-6,8H,1-2,4,7,15H2,(H,16,17,18);1-3,7H. The highest BCUT2D eigenvalue weighted by Gasteiger charge is 2.39. The first-order valence-corrected chi connectivity index (χ1v) is 9.89. The van der Waals surface area contributed by atoms with Gasteiger partial charge >= 0.3 is 6.61 Å². The molecule has 1 aromatic heterocycles. The predicted octanol–water partition coefficient (Wildman–Crippen LogP) is 5.38. The van der Waals surface area contributed by atoms with Crippen LogP contribution in [0.25, 0.3) is 0 Å². The van der Waals surface area contributed by atoms with Gasteiger partial charge in [0.1, 0.15) is 5.03 Å². The predicted molar refractivity (Wildman–Crippen MR) is 103 cm³/mol. The number of nitrogens with one attached hydrogen (secondary N) is 1. The maximum Gasteiger partial charge on any atom is 0.387 e. The smallest absolute Gasteiger partial charge is 0.387 e. The molecular weight excluding hydrogens is 448 g/mol. The molecule has 1 aliphatic carbocycles. The summed E-state index contributed by atoms with van der Waals surface area (Å²) in [6, 6.07) is 6.04. The number of hydrogen-bond acceptors (Lipinski definition) is 5. The highest BCUT2D eigenvalue weighted by molar-refractivity contribution is 7.97. The fourth-order valence-corrected chi connectivity index (χ4v) is 3.18. The molecule has 3 N–H and O–H groups in total. The Balaban J connectivity index is 0.000000245. The average molecular weight is 467 g/mol. The number of nitrogens with two attached hydrogens (primary N) is 1. The van der Waals surface area contributed by atoms with E-state index in [2.05, 4.69) is 15.0 Å². The van der Waals surface area contributed by atoms with Crippen LogP contribution in [0.4, 0.5) is 32.0 Å². The second kappa shape index (κ2) is 11.2. The topological polar surface area (TPSA) is 77.2 Å². The second-order valence-corrected chi connectivity index (χ2v) is 7.22. The maximum atomic E-state index is 13.3. The van der Waals surface area contributed by atoms with Crippen molar-refractivity contribution in [3.63, 3.8) is 0 Å². The summed E-state index contributed by atoms with van der Waals surface area (Å²) < 4.78 is 78.1. The normalized spacial score (nSPS) is 17.5. The number of aromatic nitrogens is 1. The summed E-state index contributed by atoms with van der Waals surface area (Å²) >= 11 is 0.963. The van der Waals surface area contributed by atoms with Crippen molar-refractivity contribution in [2.45, 2.75) is 43.2 Å². The van der Waals surface area contributed by atoms with E-state index in [0.29, 0.717) is 23.6 Å². The van der Waals surface area contributed by atoms with Gasteiger partial charge in [-0.25, -0.2) is 18.2 Å². The third kappa shape index (κ3) is 7.94. The molecule has 1 unspecified atom stereocenters. The van der Waals surface area contributed by atoms with Gasteiger partial charge in [-0.3, -0.25) is 9.93 Å². The lowest BCUT2D eigenvalue weighted by Gasteiger charge is -2.27.